The van der Waals surface area contributed by atoms with Gasteiger partial charge in [0.1, 0.15) is 0 Å². The molecule has 0 N–H and O–H groups in total. The van der Waals surface area contributed by atoms with Crippen molar-refractivity contribution in [3.05, 3.63) is 46.8 Å². The van der Waals surface area contributed by atoms with E-state index in [1.165, 1.54) is 16.7 Å². The SMILES string of the molecule is Cc1ccc(C)c(Cn2cc(CCCCl)nn2)c1. The van der Waals surface area contributed by atoms with E-state index >= 15 is 0 Å². The van der Waals surface area contributed by atoms with Gasteiger partial charge in [-0.2, -0.15) is 0 Å². The number of rotatable bonds is 5. The van der Waals surface area contributed by atoms with Gasteiger partial charge in [-0.25, -0.2) is 4.68 Å². The number of halogens is 1. The van der Waals surface area contributed by atoms with Crippen LogP contribution in [0.2, 0.25) is 0 Å². The molecule has 3 nitrogen and oxygen atoms in total. The van der Waals surface area contributed by atoms with Crippen LogP contribution in [0.25, 0.3) is 0 Å². The zero-order valence-electron chi connectivity index (χ0n) is 10.9. The zero-order chi connectivity index (χ0) is 13.0. The summed E-state index contributed by atoms with van der Waals surface area (Å²) < 4.78 is 1.89. The van der Waals surface area contributed by atoms with Crippen molar-refractivity contribution in [1.82, 2.24) is 15.0 Å². The van der Waals surface area contributed by atoms with Gasteiger partial charge in [0.2, 0.25) is 0 Å². The maximum atomic E-state index is 5.67. The predicted octanol–water partition coefficient (Wildman–Crippen LogP) is 3.11. The summed E-state index contributed by atoms with van der Waals surface area (Å²) >= 11 is 5.67. The van der Waals surface area contributed by atoms with Crippen LogP contribution in [-0.2, 0) is 13.0 Å². The minimum atomic E-state index is 0.670. The largest absolute Gasteiger partial charge is 0.248 e. The Morgan fingerprint density at radius 2 is 2.11 bits per heavy atom. The number of aryl methyl sites for hydroxylation is 3. The molecule has 2 aromatic rings. The standard InChI is InChI=1S/C14H18ClN3/c1-11-5-6-12(2)13(8-11)9-18-10-14(16-17-18)4-3-7-15/h5-6,8,10H,3-4,7,9H2,1-2H3. The second kappa shape index (κ2) is 6.01. The Labute approximate surface area is 113 Å². The predicted molar refractivity (Wildman–Crippen MR) is 74.1 cm³/mol. The van der Waals surface area contributed by atoms with Crippen molar-refractivity contribution >= 4 is 11.6 Å². The quantitative estimate of drug-likeness (QED) is 0.776. The highest BCUT2D eigenvalue weighted by atomic mass is 35.5. The van der Waals surface area contributed by atoms with E-state index in [-0.39, 0.29) is 0 Å². The highest BCUT2D eigenvalue weighted by molar-refractivity contribution is 6.17. The summed E-state index contributed by atoms with van der Waals surface area (Å²) in [6.45, 7) is 5.01. The van der Waals surface area contributed by atoms with Crippen molar-refractivity contribution in [3.63, 3.8) is 0 Å². The molecule has 0 amide bonds. The molecule has 0 fully saturated rings. The van der Waals surface area contributed by atoms with E-state index in [2.05, 4.69) is 42.4 Å². The maximum absolute atomic E-state index is 5.67. The van der Waals surface area contributed by atoms with Crippen LogP contribution in [0.5, 0.6) is 0 Å². The van der Waals surface area contributed by atoms with Crippen molar-refractivity contribution in [2.24, 2.45) is 0 Å². The van der Waals surface area contributed by atoms with E-state index in [0.717, 1.165) is 25.1 Å². The van der Waals surface area contributed by atoms with Crippen LogP contribution >= 0.6 is 11.6 Å². The highest BCUT2D eigenvalue weighted by Gasteiger charge is 2.04. The summed E-state index contributed by atoms with van der Waals surface area (Å²) in [5.41, 5.74) is 4.88. The minimum absolute atomic E-state index is 0.670. The summed E-state index contributed by atoms with van der Waals surface area (Å²) in [4.78, 5) is 0. The van der Waals surface area contributed by atoms with Gasteiger partial charge in [0.15, 0.2) is 0 Å². The van der Waals surface area contributed by atoms with Gasteiger partial charge in [-0.3, -0.25) is 0 Å². The second-order valence-electron chi connectivity index (χ2n) is 4.63. The molecule has 0 saturated carbocycles. The molecular weight excluding hydrogens is 246 g/mol. The smallest absolute Gasteiger partial charge is 0.0827 e. The lowest BCUT2D eigenvalue weighted by Crippen LogP contribution is -2.02. The maximum Gasteiger partial charge on any atom is 0.0827 e. The summed E-state index contributed by atoms with van der Waals surface area (Å²) in [6.07, 6.45) is 3.86. The van der Waals surface area contributed by atoms with Crippen molar-refractivity contribution < 1.29 is 0 Å². The fourth-order valence-electron chi connectivity index (χ4n) is 1.92. The van der Waals surface area contributed by atoms with Gasteiger partial charge in [-0.05, 0) is 37.8 Å². The summed E-state index contributed by atoms with van der Waals surface area (Å²) in [5, 5.41) is 8.32. The molecule has 0 radical (unpaired) electrons. The van der Waals surface area contributed by atoms with Crippen LogP contribution in [0.15, 0.2) is 24.4 Å². The molecule has 0 unspecified atom stereocenters. The molecule has 0 aliphatic rings. The normalized spacial score (nSPS) is 10.8. The molecular formula is C14H18ClN3. The molecule has 1 aromatic carbocycles. The van der Waals surface area contributed by atoms with E-state index in [9.17, 15) is 0 Å². The highest BCUT2D eigenvalue weighted by Crippen LogP contribution is 2.12. The average molecular weight is 264 g/mol. The zero-order valence-corrected chi connectivity index (χ0v) is 11.6. The fourth-order valence-corrected chi connectivity index (χ4v) is 2.06. The molecule has 18 heavy (non-hydrogen) atoms. The third kappa shape index (κ3) is 3.33. The molecule has 0 aliphatic heterocycles. The number of alkyl halides is 1. The number of hydrogen-bond donors (Lipinski definition) is 0. The molecule has 0 aliphatic carbocycles. The molecule has 1 aromatic heterocycles. The minimum Gasteiger partial charge on any atom is -0.248 e. The van der Waals surface area contributed by atoms with E-state index in [0.29, 0.717) is 5.88 Å². The second-order valence-corrected chi connectivity index (χ2v) is 5.01. The molecule has 0 bridgehead atoms. The summed E-state index contributed by atoms with van der Waals surface area (Å²) in [5.74, 6) is 0.670. The lowest BCUT2D eigenvalue weighted by molar-refractivity contribution is 0.646. The Balaban J connectivity index is 2.08. The number of benzene rings is 1. The van der Waals surface area contributed by atoms with Crippen LogP contribution in [0.1, 0.15) is 28.8 Å². The number of aromatic nitrogens is 3. The summed E-state index contributed by atoms with van der Waals surface area (Å²) in [6, 6.07) is 6.48. The first-order valence-corrected chi connectivity index (χ1v) is 6.73. The van der Waals surface area contributed by atoms with Gasteiger partial charge in [0, 0.05) is 12.1 Å². The topological polar surface area (TPSA) is 30.7 Å². The van der Waals surface area contributed by atoms with Gasteiger partial charge < -0.3 is 0 Å². The first-order chi connectivity index (χ1) is 8.69. The van der Waals surface area contributed by atoms with Crippen molar-refractivity contribution in [2.45, 2.75) is 33.2 Å². The van der Waals surface area contributed by atoms with E-state index in [1.807, 2.05) is 10.9 Å². The lowest BCUT2D eigenvalue weighted by Gasteiger charge is -2.06. The van der Waals surface area contributed by atoms with Crippen LogP contribution in [0.4, 0.5) is 0 Å². The van der Waals surface area contributed by atoms with Crippen LogP contribution in [0.3, 0.4) is 0 Å². The molecule has 2 rings (SSSR count). The molecule has 0 saturated heterocycles. The molecule has 0 spiro atoms. The monoisotopic (exact) mass is 263 g/mol. The van der Waals surface area contributed by atoms with Gasteiger partial charge in [0.25, 0.3) is 0 Å². The Hall–Kier alpha value is -1.35. The Morgan fingerprint density at radius 1 is 1.28 bits per heavy atom. The van der Waals surface area contributed by atoms with E-state index < -0.39 is 0 Å². The lowest BCUT2D eigenvalue weighted by atomic mass is 10.1. The molecule has 4 heteroatoms. The molecule has 96 valence electrons. The Bertz CT molecular complexity index is 520. The number of nitrogens with zero attached hydrogens (tertiary/aromatic N) is 3. The van der Waals surface area contributed by atoms with E-state index in [4.69, 9.17) is 11.6 Å². The molecule has 0 atom stereocenters. The Morgan fingerprint density at radius 3 is 2.89 bits per heavy atom. The van der Waals surface area contributed by atoms with Crippen LogP contribution < -0.4 is 0 Å². The summed E-state index contributed by atoms with van der Waals surface area (Å²) in [7, 11) is 0. The van der Waals surface area contributed by atoms with Crippen molar-refractivity contribution in [1.29, 1.82) is 0 Å². The van der Waals surface area contributed by atoms with Gasteiger partial charge in [0.05, 0.1) is 12.2 Å². The van der Waals surface area contributed by atoms with Gasteiger partial charge in [-0.1, -0.05) is 29.0 Å². The van der Waals surface area contributed by atoms with Crippen LogP contribution in [0, 0.1) is 13.8 Å². The Kier molecular flexibility index (Phi) is 4.37. The fraction of sp³-hybridized carbons (Fsp3) is 0.429. The third-order valence-corrected chi connectivity index (χ3v) is 3.26. The van der Waals surface area contributed by atoms with Gasteiger partial charge >= 0.3 is 0 Å². The van der Waals surface area contributed by atoms with Gasteiger partial charge in [-0.15, -0.1) is 16.7 Å². The number of hydrogen-bond acceptors (Lipinski definition) is 2. The van der Waals surface area contributed by atoms with Crippen LogP contribution in [-0.4, -0.2) is 20.9 Å². The first-order valence-electron chi connectivity index (χ1n) is 6.20. The average Bonchev–Trinajstić information content (AvgIpc) is 2.79. The first kappa shape index (κ1) is 13.1. The van der Waals surface area contributed by atoms with Crippen molar-refractivity contribution in [2.75, 3.05) is 5.88 Å². The van der Waals surface area contributed by atoms with Crippen molar-refractivity contribution in [3.8, 4) is 0 Å². The van der Waals surface area contributed by atoms with E-state index in [1.54, 1.807) is 0 Å². The molecule has 1 heterocycles. The third-order valence-electron chi connectivity index (χ3n) is 2.99.